The van der Waals surface area contributed by atoms with Gasteiger partial charge in [-0.15, -0.1) is 0 Å². The maximum atomic E-state index is 12.7. The fourth-order valence-corrected chi connectivity index (χ4v) is 4.85. The highest BCUT2D eigenvalue weighted by Crippen LogP contribution is 2.38. The predicted molar refractivity (Wildman–Crippen MR) is 131 cm³/mol. The zero-order valence-corrected chi connectivity index (χ0v) is 19.1. The first-order valence-corrected chi connectivity index (χ1v) is 12.0. The van der Waals surface area contributed by atoms with Gasteiger partial charge in [-0.3, -0.25) is 14.8 Å². The number of hydrogen-bond donors (Lipinski definition) is 2. The van der Waals surface area contributed by atoms with Crippen molar-refractivity contribution in [1.29, 1.82) is 0 Å². The summed E-state index contributed by atoms with van der Waals surface area (Å²) in [5.41, 5.74) is 9.47. The molecular formula is C28H32N2O3. The third kappa shape index (κ3) is 5.60. The van der Waals surface area contributed by atoms with Crippen molar-refractivity contribution >= 4 is 29.5 Å². The van der Waals surface area contributed by atoms with E-state index in [4.69, 9.17) is 5.21 Å². The third-order valence-electron chi connectivity index (χ3n) is 6.65. The molecule has 2 aliphatic rings. The van der Waals surface area contributed by atoms with E-state index < -0.39 is 0 Å². The molecule has 0 aromatic heterocycles. The van der Waals surface area contributed by atoms with Gasteiger partial charge in [0.15, 0.2) is 0 Å². The molecule has 1 saturated heterocycles. The van der Waals surface area contributed by atoms with E-state index >= 15 is 0 Å². The van der Waals surface area contributed by atoms with E-state index in [0.29, 0.717) is 12.8 Å². The van der Waals surface area contributed by atoms with Gasteiger partial charge < -0.3 is 4.90 Å². The first-order valence-electron chi connectivity index (χ1n) is 12.0. The maximum absolute atomic E-state index is 12.7. The zero-order valence-electron chi connectivity index (χ0n) is 19.1. The van der Waals surface area contributed by atoms with Crippen molar-refractivity contribution in [3.63, 3.8) is 0 Å². The second-order valence-electron chi connectivity index (χ2n) is 8.82. The van der Waals surface area contributed by atoms with Crippen molar-refractivity contribution in [1.82, 2.24) is 10.4 Å². The van der Waals surface area contributed by atoms with Crippen LogP contribution in [0.15, 0.2) is 54.1 Å². The van der Waals surface area contributed by atoms with Crippen LogP contribution >= 0.6 is 0 Å². The second-order valence-corrected chi connectivity index (χ2v) is 8.82. The number of carbonyl (C=O) groups excluding carboxylic acids is 2. The van der Waals surface area contributed by atoms with Gasteiger partial charge in [-0.05, 0) is 53.5 Å². The highest BCUT2D eigenvalue weighted by molar-refractivity contribution is 5.95. The van der Waals surface area contributed by atoms with Crippen LogP contribution in [-0.2, 0) is 9.59 Å². The lowest BCUT2D eigenvalue weighted by Crippen LogP contribution is -2.36. The van der Waals surface area contributed by atoms with Crippen LogP contribution in [0.4, 0.5) is 0 Å². The molecule has 0 saturated carbocycles. The average molecular weight is 445 g/mol. The molecule has 0 unspecified atom stereocenters. The molecule has 2 N–H and O–H groups in total. The van der Waals surface area contributed by atoms with Crippen molar-refractivity contribution in [2.24, 2.45) is 0 Å². The molecule has 33 heavy (non-hydrogen) atoms. The van der Waals surface area contributed by atoms with Crippen molar-refractivity contribution < 1.29 is 14.8 Å². The summed E-state index contributed by atoms with van der Waals surface area (Å²) < 4.78 is 0. The van der Waals surface area contributed by atoms with E-state index in [9.17, 15) is 9.59 Å². The largest absolute Gasteiger partial charge is 0.342 e. The molecule has 1 aliphatic carbocycles. The molecule has 2 aromatic rings. The Morgan fingerprint density at radius 1 is 0.788 bits per heavy atom. The number of nitrogens with zero attached hydrogens (tertiary/aromatic N) is 1. The van der Waals surface area contributed by atoms with E-state index in [2.05, 4.69) is 60.7 Å². The number of carbonyl (C=O) groups is 2. The molecule has 5 heteroatoms. The third-order valence-corrected chi connectivity index (χ3v) is 6.65. The Kier molecular flexibility index (Phi) is 7.74. The molecule has 0 bridgehead atoms. The summed E-state index contributed by atoms with van der Waals surface area (Å²) in [5, 5.41) is 8.51. The van der Waals surface area contributed by atoms with Crippen LogP contribution in [0.5, 0.6) is 0 Å². The molecule has 172 valence electrons. The Bertz CT molecular complexity index is 1010. The summed E-state index contributed by atoms with van der Waals surface area (Å²) in [5.74, 6) is -0.116. The van der Waals surface area contributed by atoms with E-state index in [0.717, 1.165) is 51.6 Å². The van der Waals surface area contributed by atoms with E-state index in [1.165, 1.54) is 33.4 Å². The van der Waals surface area contributed by atoms with Crippen molar-refractivity contribution in [3.8, 4) is 0 Å². The molecule has 1 heterocycles. The van der Waals surface area contributed by atoms with Gasteiger partial charge in [0.2, 0.25) is 11.8 Å². The monoisotopic (exact) mass is 444 g/mol. The number of benzene rings is 2. The van der Waals surface area contributed by atoms with Gasteiger partial charge in [0.05, 0.1) is 0 Å². The predicted octanol–water partition coefficient (Wildman–Crippen LogP) is 5.44. The number of fused-ring (bicyclic) bond motifs is 2. The minimum absolute atomic E-state index is 0.232. The minimum Gasteiger partial charge on any atom is -0.342 e. The Morgan fingerprint density at radius 3 is 1.91 bits per heavy atom. The standard InChI is InChI=1S/C28H32N2O3/c31-26(29-33)13-3-1-2-4-14-27(32)30-19-17-23(18-20-30)28-24-11-7-5-9-21(24)15-16-22-10-6-8-12-25(22)28/h5-12,15-16,33H,1-4,13-14,17-20H2,(H,29,31). The summed E-state index contributed by atoms with van der Waals surface area (Å²) in [6.45, 7) is 1.54. The lowest BCUT2D eigenvalue weighted by atomic mass is 9.86. The van der Waals surface area contributed by atoms with E-state index in [1.54, 1.807) is 5.48 Å². The fourth-order valence-electron chi connectivity index (χ4n) is 4.85. The smallest absolute Gasteiger partial charge is 0.243 e. The molecule has 0 atom stereocenters. The van der Waals surface area contributed by atoms with Gasteiger partial charge in [0.25, 0.3) is 0 Å². The van der Waals surface area contributed by atoms with Crippen LogP contribution in [-0.4, -0.2) is 35.0 Å². The summed E-state index contributed by atoms with van der Waals surface area (Å²) in [6.07, 6.45) is 10.5. The SMILES string of the molecule is O=C(CCCCCCC(=O)N1CCC(=C2c3ccccc3C=Cc3ccccc32)CC1)NO. The highest BCUT2D eigenvalue weighted by atomic mass is 16.5. The number of rotatable bonds is 7. The van der Waals surface area contributed by atoms with Crippen molar-refractivity contribution in [3.05, 3.63) is 76.4 Å². The number of amides is 2. The molecule has 1 fully saturated rings. The van der Waals surface area contributed by atoms with E-state index in [1.807, 2.05) is 4.90 Å². The Morgan fingerprint density at radius 2 is 1.33 bits per heavy atom. The number of hydroxylamine groups is 1. The first kappa shape index (κ1) is 23.0. The lowest BCUT2D eigenvalue weighted by molar-refractivity contribution is -0.132. The molecular weight excluding hydrogens is 412 g/mol. The van der Waals surface area contributed by atoms with Crippen LogP contribution in [0.3, 0.4) is 0 Å². The second kappa shape index (κ2) is 11.1. The quantitative estimate of drug-likeness (QED) is 0.290. The van der Waals surface area contributed by atoms with Crippen LogP contribution in [0.1, 0.15) is 73.6 Å². The number of piperidine rings is 1. The molecule has 2 amide bonds. The topological polar surface area (TPSA) is 69.6 Å². The van der Waals surface area contributed by atoms with Crippen molar-refractivity contribution in [2.45, 2.75) is 51.4 Å². The highest BCUT2D eigenvalue weighted by Gasteiger charge is 2.24. The van der Waals surface area contributed by atoms with Gasteiger partial charge in [0.1, 0.15) is 0 Å². The van der Waals surface area contributed by atoms with Crippen LogP contribution in [0.2, 0.25) is 0 Å². The van der Waals surface area contributed by atoms with Crippen LogP contribution < -0.4 is 5.48 Å². The van der Waals surface area contributed by atoms with Crippen LogP contribution in [0, 0.1) is 0 Å². The van der Waals surface area contributed by atoms with Gasteiger partial charge >= 0.3 is 0 Å². The average Bonchev–Trinajstić information content (AvgIpc) is 3.03. The Balaban J connectivity index is 1.38. The minimum atomic E-state index is -0.348. The Labute approximate surface area is 195 Å². The van der Waals surface area contributed by atoms with Crippen molar-refractivity contribution in [2.75, 3.05) is 13.1 Å². The molecule has 5 nitrogen and oxygen atoms in total. The normalized spacial score (nSPS) is 15.0. The summed E-state index contributed by atoms with van der Waals surface area (Å²) in [7, 11) is 0. The number of unbranched alkanes of at least 4 members (excludes halogenated alkanes) is 3. The van der Waals surface area contributed by atoms with Gasteiger partial charge in [-0.2, -0.15) is 0 Å². The number of likely N-dealkylation sites (tertiary alicyclic amines) is 1. The molecule has 2 aromatic carbocycles. The summed E-state index contributed by atoms with van der Waals surface area (Å²) in [4.78, 5) is 25.8. The van der Waals surface area contributed by atoms with Gasteiger partial charge in [-0.25, -0.2) is 5.48 Å². The molecule has 0 radical (unpaired) electrons. The maximum Gasteiger partial charge on any atom is 0.243 e. The number of hydrogen-bond acceptors (Lipinski definition) is 3. The molecule has 1 aliphatic heterocycles. The zero-order chi connectivity index (χ0) is 23.0. The summed E-state index contributed by atoms with van der Waals surface area (Å²) >= 11 is 0. The Hall–Kier alpha value is -3.18. The molecule has 0 spiro atoms. The lowest BCUT2D eigenvalue weighted by Gasteiger charge is -2.31. The van der Waals surface area contributed by atoms with Gasteiger partial charge in [0, 0.05) is 25.9 Å². The first-order chi connectivity index (χ1) is 16.2. The van der Waals surface area contributed by atoms with Crippen LogP contribution in [0.25, 0.3) is 17.7 Å². The number of nitrogens with one attached hydrogen (secondary N) is 1. The fraction of sp³-hybridized carbons (Fsp3) is 0.357. The van der Waals surface area contributed by atoms with Gasteiger partial charge in [-0.1, -0.05) is 79.1 Å². The molecule has 4 rings (SSSR count). The summed E-state index contributed by atoms with van der Waals surface area (Å²) in [6, 6.07) is 17.2. The van der Waals surface area contributed by atoms with E-state index in [-0.39, 0.29) is 11.8 Å².